The van der Waals surface area contributed by atoms with E-state index in [1.54, 1.807) is 4.90 Å². The van der Waals surface area contributed by atoms with Gasteiger partial charge in [-0.3, -0.25) is 4.79 Å². The number of nitrogens with zero attached hydrogens (tertiary/aromatic N) is 3. The summed E-state index contributed by atoms with van der Waals surface area (Å²) in [4.78, 5) is 30.1. The number of carboxylic acids is 1. The average Bonchev–Trinajstić information content (AvgIpc) is 2.71. The summed E-state index contributed by atoms with van der Waals surface area (Å²) in [5.41, 5.74) is -0.753. The Morgan fingerprint density at radius 1 is 1.05 bits per heavy atom. The fourth-order valence-electron chi connectivity index (χ4n) is 3.35. The zero-order valence-corrected chi connectivity index (χ0v) is 13.2. The number of carbonyl (C=O) groups excluding carboxylic acids is 1. The molecule has 0 saturated carbocycles. The van der Waals surface area contributed by atoms with Crippen LogP contribution in [0.2, 0.25) is 0 Å². The lowest BCUT2D eigenvalue weighted by molar-refractivity contribution is -0.152. The van der Waals surface area contributed by atoms with Crippen LogP contribution < -0.4 is 0 Å². The van der Waals surface area contributed by atoms with Crippen molar-refractivity contribution >= 4 is 12.0 Å². The van der Waals surface area contributed by atoms with E-state index in [0.29, 0.717) is 25.9 Å². The van der Waals surface area contributed by atoms with Crippen molar-refractivity contribution in [2.24, 2.45) is 5.41 Å². The van der Waals surface area contributed by atoms with E-state index in [9.17, 15) is 14.7 Å². The zero-order valence-electron chi connectivity index (χ0n) is 13.2. The molecule has 21 heavy (non-hydrogen) atoms. The van der Waals surface area contributed by atoms with Gasteiger partial charge in [0.05, 0.1) is 5.41 Å². The predicted octanol–water partition coefficient (Wildman–Crippen LogP) is 1.32. The summed E-state index contributed by atoms with van der Waals surface area (Å²) in [7, 11) is 2.07. The lowest BCUT2D eigenvalue weighted by Gasteiger charge is -2.41. The minimum atomic E-state index is -0.766. The number of likely N-dealkylation sites (tertiary alicyclic amines) is 1. The fourth-order valence-corrected chi connectivity index (χ4v) is 3.35. The van der Waals surface area contributed by atoms with Crippen molar-refractivity contribution in [3.63, 3.8) is 0 Å². The van der Waals surface area contributed by atoms with Crippen molar-refractivity contribution in [3.05, 3.63) is 0 Å². The lowest BCUT2D eigenvalue weighted by Crippen LogP contribution is -2.53. The Labute approximate surface area is 126 Å². The molecule has 1 unspecified atom stereocenters. The van der Waals surface area contributed by atoms with Crippen molar-refractivity contribution < 1.29 is 14.7 Å². The highest BCUT2D eigenvalue weighted by Crippen LogP contribution is 2.34. The first-order valence-electron chi connectivity index (χ1n) is 7.94. The molecule has 0 aromatic heterocycles. The van der Waals surface area contributed by atoms with E-state index in [1.807, 2.05) is 11.8 Å². The fraction of sp³-hybridized carbons (Fsp3) is 0.867. The summed E-state index contributed by atoms with van der Waals surface area (Å²) in [6.07, 6.45) is 3.01. The van der Waals surface area contributed by atoms with Crippen LogP contribution in [0.4, 0.5) is 4.79 Å². The number of piperidine rings is 1. The number of hydrogen-bond donors (Lipinski definition) is 1. The first-order chi connectivity index (χ1) is 9.98. The number of carbonyl (C=O) groups is 2. The maximum absolute atomic E-state index is 12.7. The highest BCUT2D eigenvalue weighted by molar-refractivity contribution is 5.79. The third kappa shape index (κ3) is 3.48. The van der Waals surface area contributed by atoms with Crippen molar-refractivity contribution in [2.75, 3.05) is 46.3 Å². The number of likely N-dealkylation sites (N-methyl/N-ethyl adjacent to an activating group) is 1. The summed E-state index contributed by atoms with van der Waals surface area (Å²) in [5, 5.41) is 9.52. The molecule has 0 aliphatic carbocycles. The summed E-state index contributed by atoms with van der Waals surface area (Å²) >= 11 is 0. The number of hydrogen-bond acceptors (Lipinski definition) is 3. The van der Waals surface area contributed by atoms with E-state index in [-0.39, 0.29) is 6.03 Å². The number of aliphatic carboxylic acids is 1. The predicted molar refractivity (Wildman–Crippen MR) is 80.2 cm³/mol. The molecule has 0 spiro atoms. The van der Waals surface area contributed by atoms with Crippen molar-refractivity contribution in [3.8, 4) is 0 Å². The number of rotatable bonds is 2. The minimum absolute atomic E-state index is 0.0177. The standard InChI is InChI=1S/C15H27N3O3/c1-3-15(13(19)20)6-4-8-18(12-15)14(21)17-9-5-7-16(2)10-11-17/h3-12H2,1-2H3,(H,19,20). The van der Waals surface area contributed by atoms with Crippen LogP contribution in [0.25, 0.3) is 0 Å². The third-order valence-corrected chi connectivity index (χ3v) is 4.97. The molecular formula is C15H27N3O3. The molecule has 2 heterocycles. The molecule has 0 bridgehead atoms. The van der Waals surface area contributed by atoms with Gasteiger partial charge in [-0.05, 0) is 39.3 Å². The molecule has 2 aliphatic rings. The van der Waals surface area contributed by atoms with E-state index in [2.05, 4.69) is 11.9 Å². The first kappa shape index (κ1) is 16.1. The van der Waals surface area contributed by atoms with Crippen LogP contribution >= 0.6 is 0 Å². The van der Waals surface area contributed by atoms with Crippen LogP contribution in [-0.2, 0) is 4.79 Å². The van der Waals surface area contributed by atoms with Gasteiger partial charge in [0.1, 0.15) is 0 Å². The number of amides is 2. The molecule has 2 amide bonds. The van der Waals surface area contributed by atoms with Crippen LogP contribution in [0, 0.1) is 5.41 Å². The molecule has 120 valence electrons. The lowest BCUT2D eigenvalue weighted by atomic mass is 9.78. The molecule has 6 nitrogen and oxygen atoms in total. The second kappa shape index (κ2) is 6.64. The Balaban J connectivity index is 2.03. The van der Waals surface area contributed by atoms with Gasteiger partial charge in [-0.1, -0.05) is 6.92 Å². The highest BCUT2D eigenvalue weighted by atomic mass is 16.4. The molecule has 0 radical (unpaired) electrons. The maximum atomic E-state index is 12.7. The van der Waals surface area contributed by atoms with Gasteiger partial charge in [-0.2, -0.15) is 0 Å². The topological polar surface area (TPSA) is 64.1 Å². The monoisotopic (exact) mass is 297 g/mol. The Kier molecular flexibility index (Phi) is 5.08. The normalized spacial score (nSPS) is 28.3. The molecule has 0 aromatic rings. The Morgan fingerprint density at radius 3 is 2.43 bits per heavy atom. The van der Waals surface area contributed by atoms with Crippen LogP contribution in [0.1, 0.15) is 32.6 Å². The van der Waals surface area contributed by atoms with Crippen LogP contribution in [0.15, 0.2) is 0 Å². The van der Waals surface area contributed by atoms with Crippen LogP contribution in [0.5, 0.6) is 0 Å². The SMILES string of the molecule is CCC1(C(=O)O)CCCN(C(=O)N2CCCN(C)CC2)C1. The quantitative estimate of drug-likeness (QED) is 0.835. The van der Waals surface area contributed by atoms with Crippen molar-refractivity contribution in [2.45, 2.75) is 32.6 Å². The minimum Gasteiger partial charge on any atom is -0.481 e. The second-order valence-electron chi connectivity index (χ2n) is 6.39. The van der Waals surface area contributed by atoms with Crippen LogP contribution in [0.3, 0.4) is 0 Å². The van der Waals surface area contributed by atoms with Gasteiger partial charge in [-0.25, -0.2) is 4.79 Å². The Hall–Kier alpha value is -1.30. The number of urea groups is 1. The molecule has 1 atom stereocenters. The highest BCUT2D eigenvalue weighted by Gasteiger charge is 2.42. The van der Waals surface area contributed by atoms with Gasteiger partial charge in [0.25, 0.3) is 0 Å². The van der Waals surface area contributed by atoms with Gasteiger partial charge in [-0.15, -0.1) is 0 Å². The second-order valence-corrected chi connectivity index (χ2v) is 6.39. The van der Waals surface area contributed by atoms with Gasteiger partial charge < -0.3 is 19.8 Å². The molecule has 0 aromatic carbocycles. The van der Waals surface area contributed by atoms with E-state index < -0.39 is 11.4 Å². The van der Waals surface area contributed by atoms with Gasteiger partial charge in [0.2, 0.25) is 0 Å². The number of carboxylic acid groups (broad SMARTS) is 1. The Morgan fingerprint density at radius 2 is 1.76 bits per heavy atom. The van der Waals surface area contributed by atoms with Crippen LogP contribution in [-0.4, -0.2) is 78.1 Å². The maximum Gasteiger partial charge on any atom is 0.320 e. The molecule has 1 N–H and O–H groups in total. The Bertz CT molecular complexity index is 402. The molecule has 2 fully saturated rings. The van der Waals surface area contributed by atoms with E-state index in [4.69, 9.17) is 0 Å². The van der Waals surface area contributed by atoms with E-state index >= 15 is 0 Å². The first-order valence-corrected chi connectivity index (χ1v) is 7.94. The molecule has 2 aliphatic heterocycles. The van der Waals surface area contributed by atoms with Crippen molar-refractivity contribution in [1.82, 2.24) is 14.7 Å². The molecular weight excluding hydrogens is 270 g/mol. The molecule has 6 heteroatoms. The smallest absolute Gasteiger partial charge is 0.320 e. The molecule has 2 rings (SSSR count). The van der Waals surface area contributed by atoms with Gasteiger partial charge in [0, 0.05) is 32.7 Å². The largest absolute Gasteiger partial charge is 0.481 e. The van der Waals surface area contributed by atoms with Gasteiger partial charge in [0.15, 0.2) is 0 Å². The zero-order chi connectivity index (χ0) is 15.5. The summed E-state index contributed by atoms with van der Waals surface area (Å²) in [6.45, 7) is 6.34. The third-order valence-electron chi connectivity index (χ3n) is 4.97. The summed E-state index contributed by atoms with van der Waals surface area (Å²) < 4.78 is 0. The van der Waals surface area contributed by atoms with Gasteiger partial charge >= 0.3 is 12.0 Å². The summed E-state index contributed by atoms with van der Waals surface area (Å²) in [5.74, 6) is -0.766. The molecule has 2 saturated heterocycles. The van der Waals surface area contributed by atoms with E-state index in [1.165, 1.54) is 0 Å². The summed E-state index contributed by atoms with van der Waals surface area (Å²) in [6, 6.07) is 0.0177. The average molecular weight is 297 g/mol. The van der Waals surface area contributed by atoms with E-state index in [0.717, 1.165) is 39.0 Å². The van der Waals surface area contributed by atoms with Crippen molar-refractivity contribution in [1.29, 1.82) is 0 Å².